The van der Waals surface area contributed by atoms with Crippen LogP contribution in [0.5, 0.6) is 5.75 Å². The smallest absolute Gasteiger partial charge is 0.229 e. The summed E-state index contributed by atoms with van der Waals surface area (Å²) in [5.74, 6) is 1.50. The predicted octanol–water partition coefficient (Wildman–Crippen LogP) is 3.60. The molecular formula is C15H12ClN3O. The highest BCUT2D eigenvalue weighted by Crippen LogP contribution is 2.26. The summed E-state index contributed by atoms with van der Waals surface area (Å²) < 4.78 is 6.96. The lowest BCUT2D eigenvalue weighted by Gasteiger charge is -2.08. The fourth-order valence-electron chi connectivity index (χ4n) is 2.00. The molecule has 20 heavy (non-hydrogen) atoms. The Balaban J connectivity index is 2.11. The van der Waals surface area contributed by atoms with Gasteiger partial charge in [0.25, 0.3) is 0 Å². The molecule has 100 valence electrons. The van der Waals surface area contributed by atoms with Crippen molar-refractivity contribution in [3.63, 3.8) is 0 Å². The van der Waals surface area contributed by atoms with Crippen LogP contribution in [0.4, 0.5) is 0 Å². The van der Waals surface area contributed by atoms with Gasteiger partial charge in [0.05, 0.1) is 12.8 Å². The van der Waals surface area contributed by atoms with E-state index in [0.717, 1.165) is 17.0 Å². The molecule has 0 atom stereocenters. The Morgan fingerprint density at radius 2 is 1.65 bits per heavy atom. The van der Waals surface area contributed by atoms with Gasteiger partial charge in [-0.2, -0.15) is 0 Å². The van der Waals surface area contributed by atoms with E-state index in [0.29, 0.717) is 11.1 Å². The Bertz CT molecular complexity index is 708. The largest absolute Gasteiger partial charge is 0.497 e. The first-order valence-electron chi connectivity index (χ1n) is 6.10. The minimum Gasteiger partial charge on any atom is -0.497 e. The predicted molar refractivity (Wildman–Crippen MR) is 78.4 cm³/mol. The number of hydrogen-bond acceptors (Lipinski definition) is 3. The van der Waals surface area contributed by atoms with Crippen LogP contribution in [0.25, 0.3) is 17.1 Å². The van der Waals surface area contributed by atoms with Crippen molar-refractivity contribution < 1.29 is 4.74 Å². The number of aromatic nitrogens is 3. The molecule has 0 N–H and O–H groups in total. The van der Waals surface area contributed by atoms with Crippen molar-refractivity contribution >= 4 is 11.6 Å². The van der Waals surface area contributed by atoms with Gasteiger partial charge >= 0.3 is 0 Å². The van der Waals surface area contributed by atoms with Gasteiger partial charge in [0.15, 0.2) is 5.82 Å². The summed E-state index contributed by atoms with van der Waals surface area (Å²) >= 11 is 6.16. The van der Waals surface area contributed by atoms with E-state index < -0.39 is 0 Å². The zero-order valence-electron chi connectivity index (χ0n) is 10.8. The molecule has 1 aromatic heterocycles. The maximum atomic E-state index is 6.16. The third kappa shape index (κ3) is 2.26. The normalized spacial score (nSPS) is 10.5. The number of rotatable bonds is 3. The molecule has 1 heterocycles. The van der Waals surface area contributed by atoms with Gasteiger partial charge in [0.1, 0.15) is 5.75 Å². The molecule has 0 fully saturated rings. The van der Waals surface area contributed by atoms with Gasteiger partial charge in [-0.3, -0.25) is 4.57 Å². The van der Waals surface area contributed by atoms with Crippen molar-refractivity contribution in [1.29, 1.82) is 0 Å². The van der Waals surface area contributed by atoms with Crippen molar-refractivity contribution in [2.75, 3.05) is 7.11 Å². The van der Waals surface area contributed by atoms with E-state index in [1.807, 2.05) is 54.6 Å². The van der Waals surface area contributed by atoms with Gasteiger partial charge in [0, 0.05) is 5.56 Å². The molecule has 0 saturated carbocycles. The minimum absolute atomic E-state index is 0.328. The summed E-state index contributed by atoms with van der Waals surface area (Å²) in [7, 11) is 1.64. The third-order valence-electron chi connectivity index (χ3n) is 2.99. The van der Waals surface area contributed by atoms with Crippen LogP contribution < -0.4 is 4.74 Å². The molecule has 2 aromatic carbocycles. The Kier molecular flexibility index (Phi) is 3.39. The summed E-state index contributed by atoms with van der Waals surface area (Å²) in [5, 5.41) is 8.44. The lowest BCUT2D eigenvalue weighted by atomic mass is 10.2. The van der Waals surface area contributed by atoms with Crippen LogP contribution in [-0.4, -0.2) is 21.9 Å². The topological polar surface area (TPSA) is 39.9 Å². The number of methoxy groups -OCH3 is 1. The fraction of sp³-hybridized carbons (Fsp3) is 0.0667. The summed E-state index contributed by atoms with van der Waals surface area (Å²) in [6.45, 7) is 0. The highest BCUT2D eigenvalue weighted by Gasteiger charge is 2.13. The van der Waals surface area contributed by atoms with Gasteiger partial charge in [0.2, 0.25) is 5.28 Å². The number of halogens is 1. The molecule has 0 radical (unpaired) electrons. The number of ether oxygens (including phenoxy) is 1. The first-order valence-corrected chi connectivity index (χ1v) is 6.48. The van der Waals surface area contributed by atoms with Gasteiger partial charge in [-0.1, -0.05) is 30.3 Å². The zero-order valence-corrected chi connectivity index (χ0v) is 11.6. The molecule has 5 heteroatoms. The first-order chi connectivity index (χ1) is 9.79. The molecule has 0 aliphatic carbocycles. The van der Waals surface area contributed by atoms with Crippen LogP contribution in [0.1, 0.15) is 0 Å². The van der Waals surface area contributed by atoms with Crippen molar-refractivity contribution in [2.24, 2.45) is 0 Å². The SMILES string of the molecule is COc1ccc(-n2c(Cl)nnc2-c2ccccc2)cc1. The average molecular weight is 286 g/mol. The number of benzene rings is 2. The summed E-state index contributed by atoms with van der Waals surface area (Å²) in [5.41, 5.74) is 1.85. The van der Waals surface area contributed by atoms with E-state index in [9.17, 15) is 0 Å². The van der Waals surface area contributed by atoms with Crippen LogP contribution in [0.2, 0.25) is 5.28 Å². The summed E-state index contributed by atoms with van der Waals surface area (Å²) in [6.07, 6.45) is 0. The summed E-state index contributed by atoms with van der Waals surface area (Å²) in [6, 6.07) is 17.4. The van der Waals surface area contributed by atoms with E-state index in [4.69, 9.17) is 16.3 Å². The molecule has 0 bridgehead atoms. The lowest BCUT2D eigenvalue weighted by Crippen LogP contribution is -1.97. The average Bonchev–Trinajstić information content (AvgIpc) is 2.90. The molecule has 0 spiro atoms. The third-order valence-corrected chi connectivity index (χ3v) is 3.23. The molecular weight excluding hydrogens is 274 g/mol. The second kappa shape index (κ2) is 5.35. The van der Waals surface area contributed by atoms with E-state index in [-0.39, 0.29) is 0 Å². The molecule has 0 amide bonds. The lowest BCUT2D eigenvalue weighted by molar-refractivity contribution is 0.415. The van der Waals surface area contributed by atoms with Crippen LogP contribution in [0, 0.1) is 0 Å². The molecule has 4 nitrogen and oxygen atoms in total. The van der Waals surface area contributed by atoms with Gasteiger partial charge in [-0.15, -0.1) is 10.2 Å². The number of nitrogens with zero attached hydrogens (tertiary/aromatic N) is 3. The highest BCUT2D eigenvalue weighted by atomic mass is 35.5. The van der Waals surface area contributed by atoms with E-state index >= 15 is 0 Å². The molecule has 0 aliphatic heterocycles. The quantitative estimate of drug-likeness (QED) is 0.738. The van der Waals surface area contributed by atoms with Gasteiger partial charge in [-0.05, 0) is 35.9 Å². The van der Waals surface area contributed by atoms with E-state index in [2.05, 4.69) is 10.2 Å². The fourth-order valence-corrected chi connectivity index (χ4v) is 2.22. The monoisotopic (exact) mass is 285 g/mol. The standard InChI is InChI=1S/C15H12ClN3O/c1-20-13-9-7-12(8-10-13)19-14(17-18-15(19)16)11-5-3-2-4-6-11/h2-10H,1H3. The van der Waals surface area contributed by atoms with Crippen molar-refractivity contribution in [3.8, 4) is 22.8 Å². The van der Waals surface area contributed by atoms with Crippen molar-refractivity contribution in [1.82, 2.24) is 14.8 Å². The Hall–Kier alpha value is -2.33. The van der Waals surface area contributed by atoms with E-state index in [1.54, 1.807) is 11.7 Å². The second-order valence-corrected chi connectivity index (χ2v) is 4.53. The van der Waals surface area contributed by atoms with Crippen molar-refractivity contribution in [3.05, 3.63) is 59.9 Å². The zero-order chi connectivity index (χ0) is 13.9. The van der Waals surface area contributed by atoms with Crippen LogP contribution >= 0.6 is 11.6 Å². The first kappa shape index (κ1) is 12.7. The molecule has 3 rings (SSSR count). The minimum atomic E-state index is 0.328. The number of hydrogen-bond donors (Lipinski definition) is 0. The van der Waals surface area contributed by atoms with Crippen LogP contribution in [-0.2, 0) is 0 Å². The van der Waals surface area contributed by atoms with Gasteiger partial charge < -0.3 is 4.74 Å². The molecule has 0 unspecified atom stereocenters. The van der Waals surface area contributed by atoms with Gasteiger partial charge in [-0.25, -0.2) is 0 Å². The van der Waals surface area contributed by atoms with E-state index in [1.165, 1.54) is 0 Å². The maximum absolute atomic E-state index is 6.16. The summed E-state index contributed by atoms with van der Waals surface area (Å²) in [4.78, 5) is 0. The van der Waals surface area contributed by atoms with Crippen LogP contribution in [0.3, 0.4) is 0 Å². The van der Waals surface area contributed by atoms with Crippen molar-refractivity contribution in [2.45, 2.75) is 0 Å². The Morgan fingerprint density at radius 1 is 0.950 bits per heavy atom. The Morgan fingerprint density at radius 3 is 2.30 bits per heavy atom. The Labute approximate surface area is 121 Å². The molecule has 0 saturated heterocycles. The molecule has 0 aliphatic rings. The van der Waals surface area contributed by atoms with Crippen LogP contribution in [0.15, 0.2) is 54.6 Å². The highest BCUT2D eigenvalue weighted by molar-refractivity contribution is 6.28. The maximum Gasteiger partial charge on any atom is 0.229 e. The second-order valence-electron chi connectivity index (χ2n) is 4.19. The molecule has 3 aromatic rings.